The second-order valence-electron chi connectivity index (χ2n) is 4.83. The Bertz CT molecular complexity index is 1030. The van der Waals surface area contributed by atoms with E-state index in [0.717, 1.165) is 0 Å². The van der Waals surface area contributed by atoms with E-state index in [9.17, 15) is 14.4 Å². The van der Waals surface area contributed by atoms with Crippen LogP contribution in [0.3, 0.4) is 0 Å². The molecule has 1 aromatic carbocycles. The van der Waals surface area contributed by atoms with Gasteiger partial charge in [0.1, 0.15) is 5.69 Å². The monoisotopic (exact) mass is 343 g/mol. The number of carbonyl (C=O) groups excluding carboxylic acids is 2. The van der Waals surface area contributed by atoms with Crippen LogP contribution in [-0.2, 0) is 0 Å². The number of hydrogen-bond donors (Lipinski definition) is 3. The van der Waals surface area contributed by atoms with Gasteiger partial charge in [0.05, 0.1) is 34.7 Å². The summed E-state index contributed by atoms with van der Waals surface area (Å²) in [5.74, 6) is -1.34. The first kappa shape index (κ1) is 15.6. The molecule has 0 aliphatic heterocycles. The number of hydrogen-bond acceptors (Lipinski definition) is 5. The highest BCUT2D eigenvalue weighted by Crippen LogP contribution is 2.21. The van der Waals surface area contributed by atoms with Gasteiger partial charge in [-0.25, -0.2) is 9.97 Å². The average molecular weight is 344 g/mol. The highest BCUT2D eigenvalue weighted by molar-refractivity contribution is 6.31. The molecule has 4 N–H and O–H groups in total. The fraction of sp³-hybridized carbons (Fsp3) is 0. The van der Waals surface area contributed by atoms with Crippen molar-refractivity contribution >= 4 is 40.0 Å². The second-order valence-corrected chi connectivity index (χ2v) is 5.26. The lowest BCUT2D eigenvalue weighted by Gasteiger charge is -2.09. The number of amides is 2. The molecule has 3 rings (SSSR count). The van der Waals surface area contributed by atoms with E-state index in [-0.39, 0.29) is 27.9 Å². The molecule has 0 saturated carbocycles. The van der Waals surface area contributed by atoms with Gasteiger partial charge in [0.15, 0.2) is 0 Å². The molecule has 0 saturated heterocycles. The molecule has 0 fully saturated rings. The van der Waals surface area contributed by atoms with Gasteiger partial charge in [0, 0.05) is 5.02 Å². The number of fused-ring (bicyclic) bond motifs is 1. The number of nitrogens with one attached hydrogen (secondary N) is 2. The molecule has 0 radical (unpaired) electrons. The zero-order chi connectivity index (χ0) is 17.3. The van der Waals surface area contributed by atoms with E-state index in [0.29, 0.717) is 10.5 Å². The fourth-order valence-electron chi connectivity index (χ4n) is 2.11. The van der Waals surface area contributed by atoms with Crippen molar-refractivity contribution in [2.45, 2.75) is 0 Å². The molecule has 8 nitrogen and oxygen atoms in total. The Morgan fingerprint density at radius 2 is 2.00 bits per heavy atom. The van der Waals surface area contributed by atoms with Crippen molar-refractivity contribution in [1.82, 2.24) is 15.0 Å². The molecular weight excluding hydrogens is 334 g/mol. The predicted molar refractivity (Wildman–Crippen MR) is 88.1 cm³/mol. The Kier molecular flexibility index (Phi) is 3.97. The van der Waals surface area contributed by atoms with E-state index in [4.69, 9.17) is 17.3 Å². The number of nitrogens with two attached hydrogens (primary N) is 1. The van der Waals surface area contributed by atoms with Crippen molar-refractivity contribution in [2.24, 2.45) is 5.73 Å². The Morgan fingerprint density at radius 3 is 2.75 bits per heavy atom. The number of rotatable bonds is 3. The quantitative estimate of drug-likeness (QED) is 0.660. The van der Waals surface area contributed by atoms with Crippen LogP contribution in [0.2, 0.25) is 5.02 Å². The Morgan fingerprint density at radius 1 is 1.21 bits per heavy atom. The van der Waals surface area contributed by atoms with Crippen LogP contribution in [0, 0.1) is 0 Å². The van der Waals surface area contributed by atoms with Crippen LogP contribution in [0.15, 0.2) is 41.6 Å². The van der Waals surface area contributed by atoms with E-state index >= 15 is 0 Å². The molecule has 0 bridgehead atoms. The largest absolute Gasteiger partial charge is 0.366 e. The van der Waals surface area contributed by atoms with Gasteiger partial charge in [-0.3, -0.25) is 14.4 Å². The third-order valence-corrected chi connectivity index (χ3v) is 3.49. The number of primary amides is 1. The number of carbonyl (C=O) groups is 2. The molecule has 2 heterocycles. The number of H-pyrrole nitrogens is 1. The molecule has 120 valence electrons. The summed E-state index contributed by atoms with van der Waals surface area (Å²) < 4.78 is 0. The highest BCUT2D eigenvalue weighted by Gasteiger charge is 2.15. The zero-order valence-corrected chi connectivity index (χ0v) is 12.8. The molecule has 0 aliphatic rings. The van der Waals surface area contributed by atoms with Gasteiger partial charge in [-0.2, -0.15) is 0 Å². The maximum Gasteiger partial charge on any atom is 0.274 e. The molecule has 0 atom stereocenters. The molecule has 2 amide bonds. The van der Waals surface area contributed by atoms with Crippen molar-refractivity contribution in [3.63, 3.8) is 0 Å². The first-order valence-corrected chi connectivity index (χ1v) is 7.07. The molecular formula is C15H10ClN5O3. The summed E-state index contributed by atoms with van der Waals surface area (Å²) in [6, 6.07) is 5.63. The molecule has 9 heteroatoms. The lowest BCUT2D eigenvalue weighted by molar-refractivity contribution is 0.100. The number of aromatic nitrogens is 3. The van der Waals surface area contributed by atoms with Crippen LogP contribution in [0.4, 0.5) is 5.69 Å². The van der Waals surface area contributed by atoms with Crippen molar-refractivity contribution in [3.8, 4) is 0 Å². The topological polar surface area (TPSA) is 131 Å². The van der Waals surface area contributed by atoms with Gasteiger partial charge in [-0.15, -0.1) is 0 Å². The standard InChI is InChI=1S/C15H10ClN5O3/c16-7-1-2-10(8(3-7)13(17)22)21-15(24)11-4-9-12(5-18-11)19-6-20-14(9)23/h1-6H,(H2,17,22)(H,21,24)(H,19,20,23). The predicted octanol–water partition coefficient (Wildman–Crippen LogP) is 1.32. The Balaban J connectivity index is 1.98. The SMILES string of the molecule is NC(=O)c1cc(Cl)ccc1NC(=O)c1cc2c(=O)[nH]cnc2cn1. The molecule has 0 aliphatic carbocycles. The van der Waals surface area contributed by atoms with Gasteiger partial charge >= 0.3 is 0 Å². The normalized spacial score (nSPS) is 10.5. The van der Waals surface area contributed by atoms with Crippen molar-refractivity contribution in [1.29, 1.82) is 0 Å². The summed E-state index contributed by atoms with van der Waals surface area (Å²) in [5, 5.41) is 3.06. The zero-order valence-electron chi connectivity index (χ0n) is 12.0. The summed E-state index contributed by atoms with van der Waals surface area (Å²) in [6.45, 7) is 0. The van der Waals surface area contributed by atoms with E-state index in [1.54, 1.807) is 0 Å². The van der Waals surface area contributed by atoms with Crippen LogP contribution in [0.1, 0.15) is 20.8 Å². The lowest BCUT2D eigenvalue weighted by atomic mass is 10.1. The Hall–Kier alpha value is -3.26. The number of benzene rings is 1. The van der Waals surface area contributed by atoms with Crippen molar-refractivity contribution in [2.75, 3.05) is 5.32 Å². The summed E-state index contributed by atoms with van der Waals surface area (Å²) in [4.78, 5) is 45.9. The van der Waals surface area contributed by atoms with E-state index in [1.165, 1.54) is 36.8 Å². The van der Waals surface area contributed by atoms with E-state index in [1.807, 2.05) is 0 Å². The minimum atomic E-state index is -0.736. The summed E-state index contributed by atoms with van der Waals surface area (Å²) >= 11 is 5.82. The average Bonchev–Trinajstić information content (AvgIpc) is 2.56. The molecule has 0 unspecified atom stereocenters. The molecule has 24 heavy (non-hydrogen) atoms. The van der Waals surface area contributed by atoms with Crippen LogP contribution in [0.25, 0.3) is 10.9 Å². The molecule has 3 aromatic rings. The molecule has 2 aromatic heterocycles. The third kappa shape index (κ3) is 2.95. The van der Waals surface area contributed by atoms with Gasteiger partial charge in [0.25, 0.3) is 17.4 Å². The highest BCUT2D eigenvalue weighted by atomic mass is 35.5. The number of aromatic amines is 1. The summed E-state index contributed by atoms with van der Waals surface area (Å²) in [7, 11) is 0. The van der Waals surface area contributed by atoms with Crippen LogP contribution >= 0.6 is 11.6 Å². The minimum absolute atomic E-state index is 0.00799. The lowest BCUT2D eigenvalue weighted by Crippen LogP contribution is -2.19. The first-order chi connectivity index (χ1) is 11.5. The minimum Gasteiger partial charge on any atom is -0.366 e. The fourth-order valence-corrected chi connectivity index (χ4v) is 2.28. The van der Waals surface area contributed by atoms with Crippen molar-refractivity contribution in [3.05, 3.63) is 63.4 Å². The van der Waals surface area contributed by atoms with Crippen LogP contribution in [0.5, 0.6) is 0 Å². The summed E-state index contributed by atoms with van der Waals surface area (Å²) in [5.41, 5.74) is 5.50. The van der Waals surface area contributed by atoms with Gasteiger partial charge < -0.3 is 16.0 Å². The number of halogens is 1. The van der Waals surface area contributed by atoms with E-state index in [2.05, 4.69) is 20.3 Å². The smallest absolute Gasteiger partial charge is 0.274 e. The molecule has 0 spiro atoms. The van der Waals surface area contributed by atoms with Gasteiger partial charge in [-0.05, 0) is 24.3 Å². The van der Waals surface area contributed by atoms with E-state index < -0.39 is 11.8 Å². The number of anilines is 1. The number of nitrogens with zero attached hydrogens (tertiary/aromatic N) is 2. The van der Waals surface area contributed by atoms with Crippen LogP contribution < -0.4 is 16.6 Å². The number of pyridine rings is 1. The maximum atomic E-state index is 12.3. The second kappa shape index (κ2) is 6.09. The summed E-state index contributed by atoms with van der Waals surface area (Å²) in [6.07, 6.45) is 2.56. The third-order valence-electron chi connectivity index (χ3n) is 3.25. The van der Waals surface area contributed by atoms with Crippen LogP contribution in [-0.4, -0.2) is 26.8 Å². The first-order valence-electron chi connectivity index (χ1n) is 6.70. The Labute approximate surface area is 139 Å². The van der Waals surface area contributed by atoms with Gasteiger partial charge in [0.2, 0.25) is 0 Å². The van der Waals surface area contributed by atoms with Gasteiger partial charge in [-0.1, -0.05) is 11.6 Å². The maximum absolute atomic E-state index is 12.3. The van der Waals surface area contributed by atoms with Crippen molar-refractivity contribution < 1.29 is 9.59 Å².